The van der Waals surface area contributed by atoms with Crippen LogP contribution in [0.4, 0.5) is 0 Å². The van der Waals surface area contributed by atoms with E-state index in [1.807, 2.05) is 11.3 Å². The Kier molecular flexibility index (Phi) is 5.84. The topological polar surface area (TPSA) is 12.0 Å². The third-order valence-electron chi connectivity index (χ3n) is 3.26. The Bertz CT molecular complexity index is 569. The molecule has 0 amide bonds. The molecule has 0 aliphatic carbocycles. The molecule has 1 aromatic carbocycles. The van der Waals surface area contributed by atoms with E-state index in [4.69, 9.17) is 0 Å². The highest BCUT2D eigenvalue weighted by molar-refractivity contribution is 9.11. The van der Waals surface area contributed by atoms with Crippen molar-refractivity contribution in [3.8, 4) is 10.4 Å². The van der Waals surface area contributed by atoms with Crippen molar-refractivity contribution in [2.45, 2.75) is 33.2 Å². The van der Waals surface area contributed by atoms with Gasteiger partial charge >= 0.3 is 0 Å². The average Bonchev–Trinajstić information content (AvgIpc) is 2.84. The molecule has 0 radical (unpaired) electrons. The maximum Gasteiger partial charge on any atom is 0.0412 e. The van der Waals surface area contributed by atoms with Crippen LogP contribution in [0.5, 0.6) is 0 Å². The summed E-state index contributed by atoms with van der Waals surface area (Å²) in [5.74, 6) is 0. The summed E-state index contributed by atoms with van der Waals surface area (Å²) < 4.78 is 2.29. The molecule has 0 saturated heterocycles. The Morgan fingerprint density at radius 1 is 1.15 bits per heavy atom. The maximum atomic E-state index is 3.69. The van der Waals surface area contributed by atoms with E-state index in [0.717, 1.165) is 21.9 Å². The number of halogens is 2. The largest absolute Gasteiger partial charge is 0.310 e. The molecule has 108 valence electrons. The Morgan fingerprint density at radius 3 is 2.35 bits per heavy atom. The van der Waals surface area contributed by atoms with Gasteiger partial charge in [0.1, 0.15) is 0 Å². The highest BCUT2D eigenvalue weighted by Gasteiger charge is 2.15. The molecule has 1 heterocycles. The second-order valence-corrected chi connectivity index (χ2v) is 7.65. The molecular formula is C16H19Br2NS. The van der Waals surface area contributed by atoms with Crippen molar-refractivity contribution in [3.63, 3.8) is 0 Å². The van der Waals surface area contributed by atoms with Gasteiger partial charge in [-0.3, -0.25) is 0 Å². The predicted molar refractivity (Wildman–Crippen MR) is 96.6 cm³/mol. The molecule has 20 heavy (non-hydrogen) atoms. The molecule has 0 aliphatic heterocycles. The quantitative estimate of drug-likeness (QED) is 0.602. The van der Waals surface area contributed by atoms with Crippen molar-refractivity contribution < 1.29 is 0 Å². The summed E-state index contributed by atoms with van der Waals surface area (Å²) in [6.45, 7) is 7.50. The highest BCUT2D eigenvalue weighted by Crippen LogP contribution is 2.41. The standard InChI is InChI=1S/C16H19Br2NS/c1-4-13(19-5-2)14-6-7-15(20-14)16-11(17)8-10(3)9-12(16)18/h6-9,13,19H,4-5H2,1-3H3. The van der Waals surface area contributed by atoms with Gasteiger partial charge in [0.25, 0.3) is 0 Å². The SMILES string of the molecule is CCNC(CC)c1ccc(-c2c(Br)cc(C)cc2Br)s1. The smallest absolute Gasteiger partial charge is 0.0412 e. The van der Waals surface area contributed by atoms with Gasteiger partial charge < -0.3 is 5.32 Å². The zero-order chi connectivity index (χ0) is 14.7. The zero-order valence-corrected chi connectivity index (χ0v) is 16.0. The number of hydrogen-bond acceptors (Lipinski definition) is 2. The van der Waals surface area contributed by atoms with Crippen LogP contribution in [0.2, 0.25) is 0 Å². The Labute approximate surface area is 142 Å². The van der Waals surface area contributed by atoms with Crippen LogP contribution in [-0.4, -0.2) is 6.54 Å². The average molecular weight is 417 g/mol. The first kappa shape index (κ1) is 16.2. The van der Waals surface area contributed by atoms with Crippen LogP contribution < -0.4 is 5.32 Å². The van der Waals surface area contributed by atoms with Gasteiger partial charge in [0, 0.05) is 30.3 Å². The van der Waals surface area contributed by atoms with E-state index in [1.165, 1.54) is 20.9 Å². The molecule has 0 aliphatic rings. The molecule has 1 N–H and O–H groups in total. The van der Waals surface area contributed by atoms with Gasteiger partial charge in [-0.05, 0) is 49.7 Å². The van der Waals surface area contributed by atoms with Gasteiger partial charge in [0.2, 0.25) is 0 Å². The normalized spacial score (nSPS) is 12.7. The van der Waals surface area contributed by atoms with E-state index in [2.05, 4.69) is 82.2 Å². The van der Waals surface area contributed by atoms with Crippen LogP contribution >= 0.6 is 43.2 Å². The lowest BCUT2D eigenvalue weighted by atomic mass is 10.1. The molecule has 1 unspecified atom stereocenters. The molecule has 1 nitrogen and oxygen atoms in total. The number of benzene rings is 1. The Morgan fingerprint density at radius 2 is 1.80 bits per heavy atom. The van der Waals surface area contributed by atoms with Crippen LogP contribution in [-0.2, 0) is 0 Å². The first-order valence-electron chi connectivity index (χ1n) is 6.85. The highest BCUT2D eigenvalue weighted by atomic mass is 79.9. The van der Waals surface area contributed by atoms with Crippen molar-refractivity contribution in [3.05, 3.63) is 43.7 Å². The molecule has 0 bridgehead atoms. The molecule has 2 rings (SSSR count). The fourth-order valence-corrected chi connectivity index (χ4v) is 5.65. The molecule has 0 fully saturated rings. The van der Waals surface area contributed by atoms with Crippen LogP contribution in [0.3, 0.4) is 0 Å². The van der Waals surface area contributed by atoms with Crippen LogP contribution in [0, 0.1) is 6.92 Å². The summed E-state index contributed by atoms with van der Waals surface area (Å²) in [5.41, 5.74) is 2.50. The number of hydrogen-bond donors (Lipinski definition) is 1. The molecule has 1 aromatic heterocycles. The van der Waals surface area contributed by atoms with Crippen molar-refractivity contribution in [2.75, 3.05) is 6.54 Å². The minimum Gasteiger partial charge on any atom is -0.310 e. The van der Waals surface area contributed by atoms with Crippen LogP contribution in [0.25, 0.3) is 10.4 Å². The van der Waals surface area contributed by atoms with E-state index in [9.17, 15) is 0 Å². The van der Waals surface area contributed by atoms with Crippen molar-refractivity contribution in [2.24, 2.45) is 0 Å². The van der Waals surface area contributed by atoms with Crippen molar-refractivity contribution in [1.82, 2.24) is 5.32 Å². The number of rotatable bonds is 5. The van der Waals surface area contributed by atoms with Crippen molar-refractivity contribution >= 4 is 43.2 Å². The lowest BCUT2D eigenvalue weighted by Crippen LogP contribution is -2.18. The minimum atomic E-state index is 0.460. The van der Waals surface area contributed by atoms with E-state index < -0.39 is 0 Å². The lowest BCUT2D eigenvalue weighted by molar-refractivity contribution is 0.545. The monoisotopic (exact) mass is 415 g/mol. The van der Waals surface area contributed by atoms with Gasteiger partial charge in [-0.2, -0.15) is 0 Å². The maximum absolute atomic E-state index is 3.69. The fourth-order valence-electron chi connectivity index (χ4n) is 2.30. The molecule has 4 heteroatoms. The zero-order valence-electron chi connectivity index (χ0n) is 12.0. The van der Waals surface area contributed by atoms with Crippen LogP contribution in [0.15, 0.2) is 33.2 Å². The molecule has 1 atom stereocenters. The summed E-state index contributed by atoms with van der Waals surface area (Å²) >= 11 is 9.25. The van der Waals surface area contributed by atoms with E-state index in [-0.39, 0.29) is 0 Å². The van der Waals surface area contributed by atoms with Gasteiger partial charge in [-0.25, -0.2) is 0 Å². The summed E-state index contributed by atoms with van der Waals surface area (Å²) in [5, 5.41) is 3.54. The Balaban J connectivity index is 2.38. The molecular weight excluding hydrogens is 398 g/mol. The third kappa shape index (κ3) is 3.53. The van der Waals surface area contributed by atoms with Crippen molar-refractivity contribution in [1.29, 1.82) is 0 Å². The van der Waals surface area contributed by atoms with Gasteiger partial charge in [-0.15, -0.1) is 11.3 Å². The van der Waals surface area contributed by atoms with E-state index >= 15 is 0 Å². The first-order chi connectivity index (χ1) is 9.56. The second kappa shape index (κ2) is 7.21. The number of nitrogens with one attached hydrogen (secondary N) is 1. The van der Waals surface area contributed by atoms with E-state index in [1.54, 1.807) is 0 Å². The summed E-state index contributed by atoms with van der Waals surface area (Å²) in [6.07, 6.45) is 1.12. The number of thiophene rings is 1. The summed E-state index contributed by atoms with van der Waals surface area (Å²) in [6, 6.07) is 9.26. The van der Waals surface area contributed by atoms with Gasteiger partial charge in [0.05, 0.1) is 0 Å². The first-order valence-corrected chi connectivity index (χ1v) is 9.26. The van der Waals surface area contributed by atoms with E-state index in [0.29, 0.717) is 6.04 Å². The second-order valence-electron chi connectivity index (χ2n) is 4.82. The molecule has 0 saturated carbocycles. The predicted octanol–water partition coefficient (Wildman–Crippen LogP) is 6.31. The van der Waals surface area contributed by atoms with Gasteiger partial charge in [0.15, 0.2) is 0 Å². The fraction of sp³-hybridized carbons (Fsp3) is 0.375. The summed E-state index contributed by atoms with van der Waals surface area (Å²) in [4.78, 5) is 2.71. The lowest BCUT2D eigenvalue weighted by Gasteiger charge is -2.13. The summed E-state index contributed by atoms with van der Waals surface area (Å²) in [7, 11) is 0. The minimum absolute atomic E-state index is 0.460. The molecule has 0 spiro atoms. The molecule has 2 aromatic rings. The third-order valence-corrected chi connectivity index (χ3v) is 5.73. The van der Waals surface area contributed by atoms with Crippen LogP contribution in [0.1, 0.15) is 36.8 Å². The van der Waals surface area contributed by atoms with Gasteiger partial charge in [-0.1, -0.05) is 45.7 Å². The Hall–Kier alpha value is -0.160. The number of aryl methyl sites for hydroxylation is 1.